The molecule has 19 heavy (non-hydrogen) atoms. The number of hydrogen-bond acceptors (Lipinski definition) is 6. The Hall–Kier alpha value is -1.73. The van der Waals surface area contributed by atoms with Crippen molar-refractivity contribution in [1.82, 2.24) is 15.5 Å². The first-order valence-corrected chi connectivity index (χ1v) is 6.20. The Morgan fingerprint density at radius 3 is 2.84 bits per heavy atom. The van der Waals surface area contributed by atoms with Gasteiger partial charge in [0.2, 0.25) is 0 Å². The molecule has 7 nitrogen and oxygen atoms in total. The highest BCUT2D eigenvalue weighted by Crippen LogP contribution is 2.03. The number of anilines is 1. The van der Waals surface area contributed by atoms with E-state index in [9.17, 15) is 9.90 Å². The number of nitrogens with one attached hydrogen (secondary N) is 2. The maximum Gasteiger partial charge on any atom is 0.271 e. The SMILES string of the molecule is CCNC(=O)c1ccc(NCCC(O)COC)nn1. The Bertz CT molecular complexity index is 383. The van der Waals surface area contributed by atoms with Gasteiger partial charge < -0.3 is 20.5 Å². The molecule has 0 aliphatic carbocycles. The summed E-state index contributed by atoms with van der Waals surface area (Å²) < 4.78 is 4.82. The lowest BCUT2D eigenvalue weighted by molar-refractivity contribution is 0.0615. The van der Waals surface area contributed by atoms with Crippen LogP contribution in [0.5, 0.6) is 0 Å². The van der Waals surface area contributed by atoms with E-state index in [1.54, 1.807) is 19.2 Å². The molecule has 7 heteroatoms. The predicted octanol–water partition coefficient (Wildman–Crippen LogP) is 0.0356. The van der Waals surface area contributed by atoms with Crippen molar-refractivity contribution < 1.29 is 14.6 Å². The lowest BCUT2D eigenvalue weighted by Crippen LogP contribution is -2.24. The number of methoxy groups -OCH3 is 1. The van der Waals surface area contributed by atoms with Gasteiger partial charge in [-0.05, 0) is 25.5 Å². The molecule has 0 radical (unpaired) electrons. The van der Waals surface area contributed by atoms with Gasteiger partial charge in [0.05, 0.1) is 12.7 Å². The Morgan fingerprint density at radius 2 is 2.26 bits per heavy atom. The molecular weight excluding hydrogens is 248 g/mol. The number of amides is 1. The number of ether oxygens (including phenoxy) is 1. The molecule has 0 aliphatic rings. The molecule has 3 N–H and O–H groups in total. The zero-order chi connectivity index (χ0) is 14.1. The third kappa shape index (κ3) is 5.62. The fourth-order valence-electron chi connectivity index (χ4n) is 1.44. The summed E-state index contributed by atoms with van der Waals surface area (Å²) >= 11 is 0. The zero-order valence-corrected chi connectivity index (χ0v) is 11.2. The standard InChI is InChI=1S/C12H20N4O3/c1-3-13-12(18)10-4-5-11(16-15-10)14-7-6-9(17)8-19-2/h4-5,9,17H,3,6-8H2,1-2H3,(H,13,18)(H,14,16). The van der Waals surface area contributed by atoms with E-state index in [1.165, 1.54) is 0 Å². The maximum atomic E-state index is 11.5. The second kappa shape index (κ2) is 8.39. The second-order valence-electron chi connectivity index (χ2n) is 3.99. The van der Waals surface area contributed by atoms with E-state index in [2.05, 4.69) is 20.8 Å². The molecule has 0 fully saturated rings. The average Bonchev–Trinajstić information content (AvgIpc) is 2.40. The first-order valence-electron chi connectivity index (χ1n) is 6.20. The normalized spacial score (nSPS) is 11.9. The van der Waals surface area contributed by atoms with Gasteiger partial charge in [-0.15, -0.1) is 10.2 Å². The fourth-order valence-corrected chi connectivity index (χ4v) is 1.44. The molecule has 1 heterocycles. The quantitative estimate of drug-likeness (QED) is 0.616. The van der Waals surface area contributed by atoms with Gasteiger partial charge in [0.15, 0.2) is 5.69 Å². The van der Waals surface area contributed by atoms with E-state index in [4.69, 9.17) is 4.74 Å². The molecule has 106 valence electrons. The van der Waals surface area contributed by atoms with Crippen molar-refractivity contribution in [2.75, 3.05) is 32.1 Å². The summed E-state index contributed by atoms with van der Waals surface area (Å²) in [5.41, 5.74) is 0.284. The Kier molecular flexibility index (Phi) is 6.76. The zero-order valence-electron chi connectivity index (χ0n) is 11.2. The highest BCUT2D eigenvalue weighted by atomic mass is 16.5. The summed E-state index contributed by atoms with van der Waals surface area (Å²) in [5.74, 6) is 0.328. The van der Waals surface area contributed by atoms with Crippen LogP contribution in [-0.4, -0.2) is 54.1 Å². The van der Waals surface area contributed by atoms with Crippen molar-refractivity contribution in [3.8, 4) is 0 Å². The van der Waals surface area contributed by atoms with Gasteiger partial charge in [-0.1, -0.05) is 0 Å². The van der Waals surface area contributed by atoms with Gasteiger partial charge in [-0.3, -0.25) is 4.79 Å². The van der Waals surface area contributed by atoms with Crippen LogP contribution in [0.1, 0.15) is 23.8 Å². The van der Waals surface area contributed by atoms with Crippen LogP contribution >= 0.6 is 0 Å². The second-order valence-corrected chi connectivity index (χ2v) is 3.99. The van der Waals surface area contributed by atoms with Crippen molar-refractivity contribution in [1.29, 1.82) is 0 Å². The van der Waals surface area contributed by atoms with Crippen molar-refractivity contribution in [3.63, 3.8) is 0 Å². The molecule has 1 amide bonds. The van der Waals surface area contributed by atoms with E-state index in [-0.39, 0.29) is 11.6 Å². The van der Waals surface area contributed by atoms with Gasteiger partial charge in [0.25, 0.3) is 5.91 Å². The number of carbonyl (C=O) groups excluding carboxylic acids is 1. The topological polar surface area (TPSA) is 96.4 Å². The van der Waals surface area contributed by atoms with Crippen molar-refractivity contribution in [2.45, 2.75) is 19.4 Å². The fraction of sp³-hybridized carbons (Fsp3) is 0.583. The molecule has 0 spiro atoms. The third-order valence-corrected chi connectivity index (χ3v) is 2.38. The molecule has 1 unspecified atom stereocenters. The first kappa shape index (κ1) is 15.3. The van der Waals surface area contributed by atoms with Gasteiger partial charge in [-0.2, -0.15) is 0 Å². The molecule has 1 aromatic rings. The summed E-state index contributed by atoms with van der Waals surface area (Å²) in [4.78, 5) is 11.5. The van der Waals surface area contributed by atoms with Crippen molar-refractivity contribution in [3.05, 3.63) is 17.8 Å². The molecule has 0 aliphatic heterocycles. The molecule has 0 aromatic carbocycles. The number of hydrogen-bond donors (Lipinski definition) is 3. The van der Waals surface area contributed by atoms with Gasteiger partial charge in [-0.25, -0.2) is 0 Å². The lowest BCUT2D eigenvalue weighted by atomic mass is 10.2. The van der Waals surface area contributed by atoms with E-state index in [0.717, 1.165) is 0 Å². The van der Waals surface area contributed by atoms with Crippen LogP contribution in [0.2, 0.25) is 0 Å². The molecular formula is C12H20N4O3. The molecule has 0 bridgehead atoms. The Balaban J connectivity index is 2.38. The molecule has 1 rings (SSSR count). The highest BCUT2D eigenvalue weighted by Gasteiger charge is 2.07. The number of aliphatic hydroxyl groups excluding tert-OH is 1. The van der Waals surface area contributed by atoms with Crippen LogP contribution in [0.25, 0.3) is 0 Å². The van der Waals surface area contributed by atoms with E-state index < -0.39 is 6.10 Å². The number of carbonyl (C=O) groups is 1. The highest BCUT2D eigenvalue weighted by molar-refractivity contribution is 5.92. The summed E-state index contributed by atoms with van der Waals surface area (Å²) in [5, 5.41) is 22.8. The van der Waals surface area contributed by atoms with Crippen LogP contribution in [0, 0.1) is 0 Å². The van der Waals surface area contributed by atoms with E-state index in [0.29, 0.717) is 31.9 Å². The number of aromatic nitrogens is 2. The minimum Gasteiger partial charge on any atom is -0.391 e. The number of nitrogens with zero attached hydrogens (tertiary/aromatic N) is 2. The number of aliphatic hydroxyl groups is 1. The Morgan fingerprint density at radius 1 is 1.47 bits per heavy atom. The third-order valence-electron chi connectivity index (χ3n) is 2.38. The van der Waals surface area contributed by atoms with Crippen molar-refractivity contribution >= 4 is 11.7 Å². The summed E-state index contributed by atoms with van der Waals surface area (Å²) in [6.45, 7) is 3.26. The first-order chi connectivity index (χ1) is 9.17. The Labute approximate surface area is 112 Å². The minimum atomic E-state index is -0.500. The van der Waals surface area contributed by atoms with Crippen LogP contribution < -0.4 is 10.6 Å². The lowest BCUT2D eigenvalue weighted by Gasteiger charge is -2.10. The summed E-state index contributed by atoms with van der Waals surface area (Å²) in [6.07, 6.45) is 0.0493. The average molecular weight is 268 g/mol. The number of rotatable bonds is 8. The van der Waals surface area contributed by atoms with Gasteiger partial charge in [0, 0.05) is 20.2 Å². The predicted molar refractivity (Wildman–Crippen MR) is 71.0 cm³/mol. The smallest absolute Gasteiger partial charge is 0.271 e. The van der Waals surface area contributed by atoms with Crippen LogP contribution in [0.3, 0.4) is 0 Å². The van der Waals surface area contributed by atoms with Crippen LogP contribution in [-0.2, 0) is 4.74 Å². The molecule has 1 atom stereocenters. The van der Waals surface area contributed by atoms with E-state index >= 15 is 0 Å². The largest absolute Gasteiger partial charge is 0.391 e. The monoisotopic (exact) mass is 268 g/mol. The van der Waals surface area contributed by atoms with E-state index in [1.807, 2.05) is 6.92 Å². The maximum absolute atomic E-state index is 11.5. The van der Waals surface area contributed by atoms with Gasteiger partial charge in [0.1, 0.15) is 5.82 Å². The van der Waals surface area contributed by atoms with Gasteiger partial charge >= 0.3 is 0 Å². The summed E-state index contributed by atoms with van der Waals surface area (Å²) in [7, 11) is 1.54. The van der Waals surface area contributed by atoms with Crippen LogP contribution in [0.15, 0.2) is 12.1 Å². The van der Waals surface area contributed by atoms with Crippen molar-refractivity contribution in [2.24, 2.45) is 0 Å². The minimum absolute atomic E-state index is 0.239. The molecule has 1 aromatic heterocycles. The molecule has 0 saturated carbocycles. The summed E-state index contributed by atoms with van der Waals surface area (Å²) in [6, 6.07) is 3.28. The molecule has 0 saturated heterocycles. The van der Waals surface area contributed by atoms with Crippen LogP contribution in [0.4, 0.5) is 5.82 Å².